The largest absolute Gasteiger partial charge is 0.477 e. The number of nitriles is 1. The zero-order valence-corrected chi connectivity index (χ0v) is 20.6. The van der Waals surface area contributed by atoms with Crippen LogP contribution in [-0.2, 0) is 15.1 Å². The molecule has 2 saturated heterocycles. The summed E-state index contributed by atoms with van der Waals surface area (Å²) in [4.78, 5) is 18.7. The summed E-state index contributed by atoms with van der Waals surface area (Å²) in [5.41, 5.74) is 2.01. The van der Waals surface area contributed by atoms with E-state index < -0.39 is 11.6 Å². The summed E-state index contributed by atoms with van der Waals surface area (Å²) in [6, 6.07) is 15.3. The molecule has 2 aliphatic rings. The summed E-state index contributed by atoms with van der Waals surface area (Å²) in [6.45, 7) is 3.73. The first-order valence-electron chi connectivity index (χ1n) is 12.0. The summed E-state index contributed by atoms with van der Waals surface area (Å²) in [6.07, 6.45) is 3.15. The van der Waals surface area contributed by atoms with Crippen molar-refractivity contribution in [3.63, 3.8) is 0 Å². The van der Waals surface area contributed by atoms with Crippen molar-refractivity contribution >= 4 is 23.0 Å². The molecule has 0 aliphatic carbocycles. The smallest absolute Gasteiger partial charge is 0.345 e. The number of hydrogen-bond acceptors (Lipinski definition) is 8. The van der Waals surface area contributed by atoms with Crippen molar-refractivity contribution in [2.45, 2.75) is 18.4 Å². The van der Waals surface area contributed by atoms with Crippen molar-refractivity contribution in [3.05, 3.63) is 75.6 Å². The van der Waals surface area contributed by atoms with Crippen LogP contribution in [0.25, 0.3) is 0 Å². The summed E-state index contributed by atoms with van der Waals surface area (Å²) in [7, 11) is 0. The highest BCUT2D eigenvalue weighted by molar-refractivity contribution is 7.12. The van der Waals surface area contributed by atoms with E-state index in [1.807, 2.05) is 41.8 Å². The van der Waals surface area contributed by atoms with Gasteiger partial charge in [0.05, 0.1) is 24.5 Å². The molecule has 1 unspecified atom stereocenters. The lowest BCUT2D eigenvalue weighted by molar-refractivity contribution is -0.0290. The molecule has 0 saturated carbocycles. The number of carboxylic acids is 1. The summed E-state index contributed by atoms with van der Waals surface area (Å²) in [5.74, 6) is -0.530. The molecule has 3 aromatic rings. The lowest BCUT2D eigenvalue weighted by atomic mass is 9.73. The Kier molecular flexibility index (Phi) is 7.18. The topological polar surface area (TPSA) is 105 Å². The quantitative estimate of drug-likeness (QED) is 0.507. The van der Waals surface area contributed by atoms with Gasteiger partial charge in [-0.15, -0.1) is 11.3 Å². The second kappa shape index (κ2) is 10.7. The van der Waals surface area contributed by atoms with Gasteiger partial charge in [0.25, 0.3) is 0 Å². The van der Waals surface area contributed by atoms with Gasteiger partial charge in [-0.1, -0.05) is 12.1 Å². The Bertz CT molecular complexity index is 1250. The van der Waals surface area contributed by atoms with Crippen LogP contribution in [0, 0.1) is 17.2 Å². The molecule has 9 heteroatoms. The van der Waals surface area contributed by atoms with E-state index in [0.717, 1.165) is 29.7 Å². The van der Waals surface area contributed by atoms with Crippen LogP contribution in [-0.4, -0.2) is 55.6 Å². The van der Waals surface area contributed by atoms with Crippen molar-refractivity contribution in [2.24, 2.45) is 5.92 Å². The molecule has 0 spiro atoms. The molecule has 1 atom stereocenters. The Labute approximate surface area is 213 Å². The van der Waals surface area contributed by atoms with Crippen LogP contribution in [0.15, 0.2) is 54.0 Å². The summed E-state index contributed by atoms with van der Waals surface area (Å²) in [5, 5.41) is 21.4. The Balaban J connectivity index is 1.72. The third-order valence-electron chi connectivity index (χ3n) is 6.84. The SMILES string of the molecule is N#Cc1ccc(C(Oc2ccccn2)(c2csc(C(=O)O)c2)C2CCOCC2)cc1N1CCOCC1. The highest BCUT2D eigenvalue weighted by atomic mass is 32.1. The number of ether oxygens (including phenoxy) is 3. The zero-order chi connectivity index (χ0) is 25.0. The van der Waals surface area contributed by atoms with Gasteiger partial charge in [0.2, 0.25) is 5.88 Å². The molecule has 8 nitrogen and oxygen atoms in total. The van der Waals surface area contributed by atoms with Gasteiger partial charge in [-0.05, 0) is 42.5 Å². The van der Waals surface area contributed by atoms with Gasteiger partial charge in [0.15, 0.2) is 5.60 Å². The van der Waals surface area contributed by atoms with Crippen LogP contribution >= 0.6 is 11.3 Å². The van der Waals surface area contributed by atoms with Crippen molar-refractivity contribution < 1.29 is 24.1 Å². The fraction of sp³-hybridized carbons (Fsp3) is 0.370. The average Bonchev–Trinajstić information content (AvgIpc) is 3.44. The number of aromatic carboxylic acids is 1. The predicted octanol–water partition coefficient (Wildman–Crippen LogP) is 4.30. The van der Waals surface area contributed by atoms with E-state index in [2.05, 4.69) is 16.0 Å². The maximum Gasteiger partial charge on any atom is 0.345 e. The molecule has 2 aromatic heterocycles. The van der Waals surface area contributed by atoms with E-state index in [0.29, 0.717) is 51.0 Å². The molecule has 4 heterocycles. The van der Waals surface area contributed by atoms with E-state index in [-0.39, 0.29) is 10.8 Å². The molecule has 1 N–H and O–H groups in total. The lowest BCUT2D eigenvalue weighted by Gasteiger charge is -2.43. The molecule has 0 radical (unpaired) electrons. The van der Waals surface area contributed by atoms with Gasteiger partial charge < -0.3 is 24.2 Å². The molecular weight excluding hydrogens is 478 g/mol. The summed E-state index contributed by atoms with van der Waals surface area (Å²) >= 11 is 1.18. The fourth-order valence-electron chi connectivity index (χ4n) is 5.08. The van der Waals surface area contributed by atoms with E-state index in [1.165, 1.54) is 11.3 Å². The van der Waals surface area contributed by atoms with Crippen LogP contribution < -0.4 is 9.64 Å². The second-order valence-electron chi connectivity index (χ2n) is 8.84. The third kappa shape index (κ3) is 4.67. The van der Waals surface area contributed by atoms with E-state index in [1.54, 1.807) is 12.3 Å². The van der Waals surface area contributed by atoms with Crippen LogP contribution in [0.1, 0.15) is 39.2 Å². The molecular formula is C27H27N3O5S. The zero-order valence-electron chi connectivity index (χ0n) is 19.8. The summed E-state index contributed by atoms with van der Waals surface area (Å²) < 4.78 is 18.1. The first kappa shape index (κ1) is 24.3. The predicted molar refractivity (Wildman–Crippen MR) is 135 cm³/mol. The van der Waals surface area contributed by atoms with E-state index in [4.69, 9.17) is 14.2 Å². The molecule has 186 valence electrons. The maximum absolute atomic E-state index is 11.8. The number of carbonyl (C=O) groups is 1. The molecule has 2 fully saturated rings. The fourth-order valence-corrected chi connectivity index (χ4v) is 5.87. The highest BCUT2D eigenvalue weighted by Gasteiger charge is 2.47. The minimum atomic E-state index is -1.02. The lowest BCUT2D eigenvalue weighted by Crippen LogP contribution is -2.45. The van der Waals surface area contributed by atoms with Gasteiger partial charge in [-0.25, -0.2) is 9.78 Å². The van der Waals surface area contributed by atoms with Crippen LogP contribution in [0.3, 0.4) is 0 Å². The van der Waals surface area contributed by atoms with Crippen LogP contribution in [0.2, 0.25) is 0 Å². The third-order valence-corrected chi connectivity index (χ3v) is 7.76. The minimum Gasteiger partial charge on any atom is -0.477 e. The number of rotatable bonds is 7. The van der Waals surface area contributed by atoms with Crippen molar-refractivity contribution in [1.29, 1.82) is 5.26 Å². The first-order chi connectivity index (χ1) is 17.6. The number of anilines is 1. The number of benzene rings is 1. The molecule has 0 bridgehead atoms. The molecule has 36 heavy (non-hydrogen) atoms. The Morgan fingerprint density at radius 2 is 1.89 bits per heavy atom. The molecule has 2 aliphatic heterocycles. The van der Waals surface area contributed by atoms with E-state index >= 15 is 0 Å². The van der Waals surface area contributed by atoms with Crippen molar-refractivity contribution in [3.8, 4) is 11.9 Å². The monoisotopic (exact) mass is 505 g/mol. The number of pyridine rings is 1. The number of carboxylic acid groups (broad SMARTS) is 1. The highest BCUT2D eigenvalue weighted by Crippen LogP contribution is 2.47. The Morgan fingerprint density at radius 3 is 2.56 bits per heavy atom. The standard InChI is InChI=1S/C27H27N3O5S/c28-17-19-4-5-21(15-23(19)30-9-13-34-14-10-30)27(20-6-11-33-12-7-20,35-25-3-1-2-8-29-25)22-16-24(26(31)32)36-18-22/h1-5,8,15-16,18,20H,6-7,9-14H2,(H,31,32). The van der Waals surface area contributed by atoms with Crippen LogP contribution in [0.5, 0.6) is 5.88 Å². The molecule has 0 amide bonds. The van der Waals surface area contributed by atoms with Gasteiger partial charge in [0.1, 0.15) is 10.9 Å². The van der Waals surface area contributed by atoms with E-state index in [9.17, 15) is 15.2 Å². The van der Waals surface area contributed by atoms with Gasteiger partial charge >= 0.3 is 5.97 Å². The first-order valence-corrected chi connectivity index (χ1v) is 12.9. The van der Waals surface area contributed by atoms with Crippen LogP contribution in [0.4, 0.5) is 5.69 Å². The Morgan fingerprint density at radius 1 is 1.11 bits per heavy atom. The normalized spacial score (nSPS) is 18.2. The second-order valence-corrected chi connectivity index (χ2v) is 9.75. The van der Waals surface area contributed by atoms with Gasteiger partial charge in [-0.2, -0.15) is 5.26 Å². The number of aromatic nitrogens is 1. The number of nitrogens with zero attached hydrogens (tertiary/aromatic N) is 3. The minimum absolute atomic E-state index is 0.00465. The molecule has 1 aromatic carbocycles. The maximum atomic E-state index is 11.8. The van der Waals surface area contributed by atoms with Crippen molar-refractivity contribution in [2.75, 3.05) is 44.4 Å². The number of hydrogen-bond donors (Lipinski definition) is 1. The van der Waals surface area contributed by atoms with Gasteiger partial charge in [0, 0.05) is 55.6 Å². The average molecular weight is 506 g/mol. The van der Waals surface area contributed by atoms with Gasteiger partial charge in [-0.3, -0.25) is 0 Å². The molecule has 5 rings (SSSR count). The number of morpholine rings is 1. The number of thiophene rings is 1. The van der Waals surface area contributed by atoms with Crippen molar-refractivity contribution in [1.82, 2.24) is 4.98 Å². The Hall–Kier alpha value is -3.45.